The zero-order valence-corrected chi connectivity index (χ0v) is 23.2. The molecule has 1 heteroatoms. The third kappa shape index (κ3) is 2.56. The zero-order valence-electron chi connectivity index (χ0n) is 23.2. The van der Waals surface area contributed by atoms with Crippen molar-refractivity contribution in [2.45, 2.75) is 0 Å². The van der Waals surface area contributed by atoms with Gasteiger partial charge in [0.1, 0.15) is 0 Å². The molecule has 196 valence electrons. The quantitative estimate of drug-likeness (QED) is 0.182. The number of hydrogen-bond acceptors (Lipinski definition) is 0. The fourth-order valence-electron chi connectivity index (χ4n) is 8.33. The highest BCUT2D eigenvalue weighted by Gasteiger charge is 2.25. The third-order valence-electron chi connectivity index (χ3n) is 10.1. The second-order valence-corrected chi connectivity index (χ2v) is 12.0. The molecule has 0 fully saturated rings. The standard InChI is InChI=1S/C42H23N/c1-2-11-28-26(9-1)27-10-3-6-14-31(27)37-23-24(17-18-32(28)37)25-19-20-34-29-12-4-5-13-30(29)35-21-22-36-33-15-7-8-16-38(33)43-41(25)39(34)40(35)42(36)43/h1-23H. The van der Waals surface area contributed by atoms with E-state index in [4.69, 9.17) is 0 Å². The van der Waals surface area contributed by atoms with Crippen molar-refractivity contribution in [1.82, 2.24) is 4.40 Å². The summed E-state index contributed by atoms with van der Waals surface area (Å²) < 4.78 is 2.56. The molecule has 0 bridgehead atoms. The van der Waals surface area contributed by atoms with E-state index in [-0.39, 0.29) is 0 Å². The molecule has 0 spiro atoms. The Hall–Kier alpha value is -5.66. The van der Waals surface area contributed by atoms with Gasteiger partial charge in [-0.2, -0.15) is 0 Å². The topological polar surface area (TPSA) is 4.41 Å². The van der Waals surface area contributed by atoms with Gasteiger partial charge < -0.3 is 4.40 Å². The molecular weight excluding hydrogens is 518 g/mol. The van der Waals surface area contributed by atoms with E-state index in [2.05, 4.69) is 144 Å². The second kappa shape index (κ2) is 7.59. The van der Waals surface area contributed by atoms with Crippen molar-refractivity contribution in [1.29, 1.82) is 0 Å². The first-order valence-electron chi connectivity index (χ1n) is 15.0. The van der Waals surface area contributed by atoms with Crippen molar-refractivity contribution < 1.29 is 0 Å². The molecule has 11 rings (SSSR count). The molecule has 0 aliphatic carbocycles. The van der Waals surface area contributed by atoms with Crippen LogP contribution in [0, 0.1) is 0 Å². The summed E-state index contributed by atoms with van der Waals surface area (Å²) >= 11 is 0. The summed E-state index contributed by atoms with van der Waals surface area (Å²) in [5, 5.41) is 18.6. The normalized spacial score (nSPS) is 12.7. The van der Waals surface area contributed by atoms with Crippen LogP contribution in [0.4, 0.5) is 0 Å². The Morgan fingerprint density at radius 3 is 1.40 bits per heavy atom. The van der Waals surface area contributed by atoms with Gasteiger partial charge in [-0.3, -0.25) is 0 Å². The summed E-state index contributed by atoms with van der Waals surface area (Å²) in [6.07, 6.45) is 0. The summed E-state index contributed by atoms with van der Waals surface area (Å²) in [7, 11) is 0. The predicted octanol–water partition coefficient (Wildman–Crippen LogP) is 11.7. The van der Waals surface area contributed by atoms with Crippen molar-refractivity contribution in [3.63, 3.8) is 0 Å². The Morgan fingerprint density at radius 2 is 0.744 bits per heavy atom. The zero-order chi connectivity index (χ0) is 27.8. The lowest BCUT2D eigenvalue weighted by Crippen LogP contribution is -1.89. The lowest BCUT2D eigenvalue weighted by atomic mass is 9.89. The van der Waals surface area contributed by atoms with Crippen LogP contribution in [-0.2, 0) is 0 Å². The minimum Gasteiger partial charge on any atom is -0.307 e. The van der Waals surface area contributed by atoms with Crippen LogP contribution in [0.25, 0.3) is 103 Å². The van der Waals surface area contributed by atoms with Gasteiger partial charge in [0.2, 0.25) is 0 Å². The Bertz CT molecular complexity index is 2900. The van der Waals surface area contributed by atoms with Crippen LogP contribution < -0.4 is 0 Å². The van der Waals surface area contributed by atoms with Gasteiger partial charge in [0, 0.05) is 27.1 Å². The number of nitrogens with zero attached hydrogens (tertiary/aromatic N) is 1. The molecule has 2 heterocycles. The summed E-state index contributed by atoms with van der Waals surface area (Å²) in [5.41, 5.74) is 6.46. The lowest BCUT2D eigenvalue weighted by molar-refractivity contribution is 1.37. The number of fused-ring (bicyclic) bond motifs is 13. The molecule has 0 unspecified atom stereocenters. The highest BCUT2D eigenvalue weighted by Crippen LogP contribution is 2.49. The third-order valence-corrected chi connectivity index (χ3v) is 10.1. The fraction of sp³-hybridized carbons (Fsp3) is 0. The van der Waals surface area contributed by atoms with E-state index >= 15 is 0 Å². The van der Waals surface area contributed by atoms with Crippen molar-refractivity contribution in [3.8, 4) is 11.1 Å². The molecule has 0 atom stereocenters. The number of hydrogen-bond donors (Lipinski definition) is 0. The molecular formula is C42H23N. The minimum absolute atomic E-state index is 1.25. The maximum absolute atomic E-state index is 2.56. The smallest absolute Gasteiger partial charge is 0.0627 e. The van der Waals surface area contributed by atoms with Crippen LogP contribution in [0.3, 0.4) is 0 Å². The van der Waals surface area contributed by atoms with Gasteiger partial charge in [0.15, 0.2) is 0 Å². The van der Waals surface area contributed by atoms with Crippen molar-refractivity contribution in [3.05, 3.63) is 140 Å². The highest BCUT2D eigenvalue weighted by molar-refractivity contribution is 6.40. The minimum atomic E-state index is 1.25. The average Bonchev–Trinajstić information content (AvgIpc) is 3.61. The van der Waals surface area contributed by atoms with Crippen molar-refractivity contribution in [2.24, 2.45) is 0 Å². The van der Waals surface area contributed by atoms with E-state index in [9.17, 15) is 0 Å². The first kappa shape index (κ1) is 22.0. The second-order valence-electron chi connectivity index (χ2n) is 12.0. The summed E-state index contributed by atoms with van der Waals surface area (Å²) in [6, 6.07) is 52.1. The predicted molar refractivity (Wildman–Crippen MR) is 185 cm³/mol. The van der Waals surface area contributed by atoms with Crippen LogP contribution in [0.15, 0.2) is 140 Å². The largest absolute Gasteiger partial charge is 0.307 e. The molecule has 2 aromatic heterocycles. The van der Waals surface area contributed by atoms with E-state index < -0.39 is 0 Å². The van der Waals surface area contributed by atoms with Crippen LogP contribution >= 0.6 is 0 Å². The average molecular weight is 542 g/mol. The molecule has 9 aromatic carbocycles. The molecule has 0 aliphatic rings. The molecule has 0 amide bonds. The Morgan fingerprint density at radius 1 is 0.302 bits per heavy atom. The van der Waals surface area contributed by atoms with Crippen molar-refractivity contribution >= 4 is 92.0 Å². The lowest BCUT2D eigenvalue weighted by Gasteiger charge is -2.14. The van der Waals surface area contributed by atoms with E-state index in [1.54, 1.807) is 0 Å². The number of aromatic nitrogens is 1. The molecule has 1 nitrogen and oxygen atoms in total. The van der Waals surface area contributed by atoms with Crippen LogP contribution in [0.2, 0.25) is 0 Å². The Labute approximate surface area is 246 Å². The molecule has 0 radical (unpaired) electrons. The highest BCUT2D eigenvalue weighted by atomic mass is 14.9. The molecule has 0 aliphatic heterocycles. The Balaban J connectivity index is 1.37. The molecule has 43 heavy (non-hydrogen) atoms. The summed E-state index contributed by atoms with van der Waals surface area (Å²) in [5.74, 6) is 0. The van der Waals surface area contributed by atoms with Gasteiger partial charge in [-0.1, -0.05) is 127 Å². The van der Waals surface area contributed by atoms with Crippen LogP contribution in [-0.4, -0.2) is 4.40 Å². The van der Waals surface area contributed by atoms with E-state index in [1.807, 2.05) is 0 Å². The molecule has 0 N–H and O–H groups in total. The summed E-state index contributed by atoms with van der Waals surface area (Å²) in [6.45, 7) is 0. The summed E-state index contributed by atoms with van der Waals surface area (Å²) in [4.78, 5) is 0. The van der Waals surface area contributed by atoms with Gasteiger partial charge in [0.25, 0.3) is 0 Å². The van der Waals surface area contributed by atoms with Gasteiger partial charge >= 0.3 is 0 Å². The monoisotopic (exact) mass is 541 g/mol. The van der Waals surface area contributed by atoms with Gasteiger partial charge in [0.05, 0.1) is 16.6 Å². The van der Waals surface area contributed by atoms with Gasteiger partial charge in [-0.15, -0.1) is 0 Å². The van der Waals surface area contributed by atoms with E-state index in [0.717, 1.165) is 0 Å². The SMILES string of the molecule is c1ccc2c(c1)c1ccccc1c1cc(-c3ccc4c5ccccc5c5ccc6c7ccccc7n7c3c4c5c67)ccc21. The van der Waals surface area contributed by atoms with Gasteiger partial charge in [-0.05, 0) is 71.6 Å². The maximum atomic E-state index is 2.56. The van der Waals surface area contributed by atoms with Crippen LogP contribution in [0.5, 0.6) is 0 Å². The number of para-hydroxylation sites is 1. The first-order valence-corrected chi connectivity index (χ1v) is 15.0. The number of benzene rings is 9. The van der Waals surface area contributed by atoms with Gasteiger partial charge in [-0.25, -0.2) is 0 Å². The maximum Gasteiger partial charge on any atom is 0.0627 e. The molecule has 11 aromatic rings. The van der Waals surface area contributed by atoms with E-state index in [0.29, 0.717) is 0 Å². The van der Waals surface area contributed by atoms with Crippen LogP contribution in [0.1, 0.15) is 0 Å². The first-order chi connectivity index (χ1) is 21.4. The number of rotatable bonds is 1. The molecule has 0 saturated heterocycles. The van der Waals surface area contributed by atoms with Crippen molar-refractivity contribution in [2.75, 3.05) is 0 Å². The Kier molecular flexibility index (Phi) is 3.88. The van der Waals surface area contributed by atoms with E-state index in [1.165, 1.54) is 103 Å². The fourth-order valence-corrected chi connectivity index (χ4v) is 8.33. The molecule has 0 saturated carbocycles.